The number of hydrogen-bond donors (Lipinski definition) is 2. The van der Waals surface area contributed by atoms with Gasteiger partial charge in [0.05, 0.1) is 26.4 Å². The Hall–Kier alpha value is -9.62. The standard InChI is InChI=1S/C26H30N2O2S.C26H28N2O2S.C14H18O3.C14H16O3.C12H14N2S.C4H6O4.C4H8O.C2H3BO2.3CH4.Na.H2/c2*29-22-8-6-20-7-9-23(19-21(20)18-22)30-16-2-1-11-27-12-14-28(15-13-27)25-4-3-5-26-24(25)10-17-31-26;2*15-7-1-2-8-17-14-6-4-11-3-5-13(16)9-12(11)10-14;1-2-11(14-7-5-13-6-8-14)10-4-9-15-12(10)3-1;1-3(5)7-8-4(2)6;1-2-4-5-3-1;1-2(4)5-3;;;;;/h3-5,7,9-10,17,19H,1-2,6,8,11-16,18H2;3-10,17,19H,1-2,11-16,18H2;4,6,10,15H,1-3,5,7-9H2;4,6-7,10H,1-3,5,8-9H2;1-4,9,13H,5-8H2;1-2H3;1-4H2;1H3;3*1H4;;1H/q;;;;;;;-1;;;;+1;/i;;;;;;;;;;;;1+1D. The molecule has 3 radical (unpaired) electrons. The predicted octanol–water partition coefficient (Wildman–Crippen LogP) is 15.9. The molecule has 0 amide bonds. The summed E-state index contributed by atoms with van der Waals surface area (Å²) in [6, 6.07) is 50.9. The van der Waals surface area contributed by atoms with Crippen LogP contribution >= 0.6 is 34.0 Å². The number of nitrogens with one attached hydrogen (secondary N) is 1. The van der Waals surface area contributed by atoms with Crippen LogP contribution in [0, 0.1) is 0 Å². The molecule has 3 aromatic heterocycles. The Morgan fingerprint density at radius 3 is 1.17 bits per heavy atom. The molecular formula is C105H137BN6NaO17S3. The third kappa shape index (κ3) is 37.2. The van der Waals surface area contributed by atoms with E-state index in [-0.39, 0.29) is 64.2 Å². The Morgan fingerprint density at radius 2 is 0.812 bits per heavy atom. The number of ether oxygens (including phenoxy) is 5. The first-order chi connectivity index (χ1) is 63.9. The Bertz CT molecular complexity index is 5280. The van der Waals surface area contributed by atoms with Crippen LogP contribution in [0.5, 0.6) is 23.0 Å². The van der Waals surface area contributed by atoms with Crippen molar-refractivity contribution in [3.8, 4) is 23.0 Å². The molecule has 7 heterocycles. The zero-order valence-electron chi connectivity index (χ0n) is 77.8. The molecular weight excluding hydrogens is 1750 g/mol. The number of allylic oxidation sites excluding steroid dienone is 1. The number of Topliss-reactive ketones (excluding diaryl/α,β-unsaturated/α-hetero) is 3. The summed E-state index contributed by atoms with van der Waals surface area (Å²) in [5.41, 5.74) is 13.6. The first-order valence-electron chi connectivity index (χ1n) is 46.4. The molecule has 2 N–H and O–H groups in total. The number of piperazine rings is 3. The second-order valence-electron chi connectivity index (χ2n) is 32.6. The average Bonchev–Trinajstić information content (AvgIpc) is 1.67. The van der Waals surface area contributed by atoms with Gasteiger partial charge in [-0.15, -0.1) is 34.0 Å². The number of rotatable bonds is 25. The molecule has 711 valence electrons. The zero-order chi connectivity index (χ0) is 92.7. The Labute approximate surface area is 825 Å². The number of aliphatic hydroxyl groups is 1. The molecule has 18 rings (SSSR count). The quantitative estimate of drug-likeness (QED) is 0.0177. The third-order valence-corrected chi connectivity index (χ3v) is 25.7. The summed E-state index contributed by atoms with van der Waals surface area (Å²) in [4.78, 5) is 106. The van der Waals surface area contributed by atoms with Gasteiger partial charge in [-0.1, -0.05) is 70.8 Å². The number of fused-ring (bicyclic) bond motifs is 7. The Kier molecular flexibility index (Phi) is 49.6. The number of hydrogen-bond acceptors (Lipinski definition) is 26. The summed E-state index contributed by atoms with van der Waals surface area (Å²) in [7, 11) is 4.32. The van der Waals surface area contributed by atoms with Gasteiger partial charge in [-0.2, -0.15) is 0 Å². The van der Waals surface area contributed by atoms with Gasteiger partial charge in [0.25, 0.3) is 0 Å². The molecule has 0 atom stereocenters. The van der Waals surface area contributed by atoms with E-state index in [4.69, 9.17) is 31.8 Å². The van der Waals surface area contributed by atoms with E-state index in [2.05, 4.69) is 165 Å². The van der Waals surface area contributed by atoms with Crippen LogP contribution < -0.4 is 68.5 Å². The van der Waals surface area contributed by atoms with Crippen molar-refractivity contribution in [3.05, 3.63) is 212 Å². The first kappa shape index (κ1) is 109. The summed E-state index contributed by atoms with van der Waals surface area (Å²) in [5.74, 6) is 2.79. The molecule has 7 aromatic carbocycles. The van der Waals surface area contributed by atoms with Gasteiger partial charge in [0, 0.05) is 221 Å². The van der Waals surface area contributed by atoms with Gasteiger partial charge in [-0.25, -0.2) is 19.4 Å². The van der Waals surface area contributed by atoms with Crippen LogP contribution in [-0.2, 0) is 102 Å². The van der Waals surface area contributed by atoms with Crippen LogP contribution in [0.25, 0.3) is 36.3 Å². The van der Waals surface area contributed by atoms with E-state index in [1.54, 1.807) is 6.08 Å². The van der Waals surface area contributed by atoms with Gasteiger partial charge < -0.3 is 66.3 Å². The van der Waals surface area contributed by atoms with Crippen molar-refractivity contribution < 1.29 is 114 Å². The number of nitrogens with zero attached hydrogens (tertiary/aromatic N) is 5. The summed E-state index contributed by atoms with van der Waals surface area (Å²) in [6.45, 7) is 23.9. The minimum atomic E-state index is -0.639. The monoisotopic (exact) mass is 1890 g/mol. The fourth-order valence-corrected chi connectivity index (χ4v) is 18.6. The molecule has 133 heavy (non-hydrogen) atoms. The maximum atomic E-state index is 11.7. The van der Waals surface area contributed by atoms with Crippen molar-refractivity contribution in [2.24, 2.45) is 0 Å². The molecule has 10 aromatic rings. The van der Waals surface area contributed by atoms with E-state index in [9.17, 15) is 38.4 Å². The number of ketones is 4. The number of anilines is 3. The average molecular weight is 1890 g/mol. The molecule has 0 unspecified atom stereocenters. The molecule has 4 aliphatic heterocycles. The van der Waals surface area contributed by atoms with Crippen LogP contribution in [0.3, 0.4) is 0 Å². The number of benzene rings is 7. The number of carbonyl (C=O) groups is 8. The zero-order valence-corrected chi connectivity index (χ0v) is 80.3. The summed E-state index contributed by atoms with van der Waals surface area (Å²) >= 11 is 5.47. The number of aldehydes is 1. The molecule has 0 bridgehead atoms. The van der Waals surface area contributed by atoms with E-state index < -0.39 is 17.9 Å². The fraction of sp³-hybridized carbons (Fsp3) is 0.448. The van der Waals surface area contributed by atoms with E-state index in [1.807, 2.05) is 88.6 Å². The minimum Gasteiger partial charge on any atom is -0.793 e. The largest absolute Gasteiger partial charge is 1.00 e. The van der Waals surface area contributed by atoms with E-state index >= 15 is 0 Å². The second kappa shape index (κ2) is 60.7. The van der Waals surface area contributed by atoms with Gasteiger partial charge >= 0.3 is 41.5 Å². The molecule has 4 fully saturated rings. The van der Waals surface area contributed by atoms with Gasteiger partial charge in [-0.05, 0) is 260 Å². The van der Waals surface area contributed by atoms with Crippen molar-refractivity contribution in [2.75, 3.05) is 153 Å². The van der Waals surface area contributed by atoms with Crippen molar-refractivity contribution >= 4 is 143 Å². The van der Waals surface area contributed by atoms with Crippen LogP contribution in [0.15, 0.2) is 168 Å². The maximum Gasteiger partial charge on any atom is 1.00 e. The molecule has 4 aliphatic carbocycles. The Morgan fingerprint density at radius 1 is 0.444 bits per heavy atom. The van der Waals surface area contributed by atoms with E-state index in [1.165, 1.54) is 83.8 Å². The van der Waals surface area contributed by atoms with Crippen LogP contribution in [0.2, 0.25) is 0 Å². The first-order valence-corrected chi connectivity index (χ1v) is 48.0. The van der Waals surface area contributed by atoms with Crippen LogP contribution in [-0.4, -0.2) is 208 Å². The summed E-state index contributed by atoms with van der Waals surface area (Å²) < 4.78 is 45.7. The number of carbonyl (C=O) groups excluding carboxylic acids is 8. The van der Waals surface area contributed by atoms with Crippen LogP contribution in [0.1, 0.15) is 174 Å². The summed E-state index contributed by atoms with van der Waals surface area (Å²) in [5, 5.41) is 22.8. The molecule has 28 heteroatoms. The maximum absolute atomic E-state index is 11.7. The third-order valence-electron chi connectivity index (χ3n) is 23.0. The second-order valence-corrected chi connectivity index (χ2v) is 35.5. The SMILES string of the molecule is C.C.C.C1CCOC1.CC(=O)OOC(C)=O.O=C1C=Cc2ccc(OCCCCN3CCN(c4cccc5sccc45)CC3)cc2C1.O=C1CCc2ccc(OCCCCN3CCN(c4cccc5sccc45)CC3)cc2C1.O=C1CCc2ccc(OCCCCO)cc2C1.O=CCCCOc1ccc2c(c1)CC(=O)CC2.[2H][2H].[B-]OC(C)=O.[Na+].c1cc(N2CCNCC2)c2ccsc2c1. The van der Waals surface area contributed by atoms with Gasteiger partial charge in [0.2, 0.25) is 5.97 Å². The van der Waals surface area contributed by atoms with Crippen molar-refractivity contribution in [1.82, 2.24) is 15.1 Å². The number of aryl methyl sites for hydroxylation is 3. The fourth-order valence-electron chi connectivity index (χ4n) is 16.2. The predicted molar refractivity (Wildman–Crippen MR) is 538 cm³/mol. The number of thiophene rings is 3. The molecule has 0 saturated carbocycles. The molecule has 23 nitrogen and oxygen atoms in total. The van der Waals surface area contributed by atoms with Crippen molar-refractivity contribution in [3.63, 3.8) is 0 Å². The van der Waals surface area contributed by atoms with Gasteiger partial charge in [0.1, 0.15) is 46.6 Å². The van der Waals surface area contributed by atoms with Gasteiger partial charge in [0.15, 0.2) is 5.78 Å². The normalized spacial score (nSPS) is 15.2. The van der Waals surface area contributed by atoms with Crippen LogP contribution in [0.4, 0.5) is 17.1 Å². The summed E-state index contributed by atoms with van der Waals surface area (Å²) in [6.07, 6.45) is 21.0. The Balaban J connectivity index is 0.000000250. The molecule has 0 spiro atoms. The van der Waals surface area contributed by atoms with Crippen molar-refractivity contribution in [1.29, 1.82) is 0 Å². The minimum absolute atomic E-state index is 0. The number of unbranched alkanes of at least 4 members (excludes halogenated alkanes) is 4. The number of aliphatic hydroxyl groups excluding tert-OH is 1. The smallest absolute Gasteiger partial charge is 0.793 e. The topological polar surface area (TPSA) is 259 Å². The van der Waals surface area contributed by atoms with E-state index in [0.29, 0.717) is 81.9 Å². The van der Waals surface area contributed by atoms with Gasteiger partial charge in [-0.3, -0.25) is 33.8 Å². The van der Waals surface area contributed by atoms with Crippen molar-refractivity contribution in [2.45, 2.75) is 171 Å². The van der Waals surface area contributed by atoms with E-state index in [0.717, 1.165) is 253 Å². The molecule has 4 saturated heterocycles. The molecule has 8 aliphatic rings.